The van der Waals surface area contributed by atoms with Gasteiger partial charge in [0.05, 0.1) is 16.3 Å². The van der Waals surface area contributed by atoms with Crippen LogP contribution >= 0.6 is 11.6 Å². The third-order valence-electron chi connectivity index (χ3n) is 4.25. The monoisotopic (exact) mass is 386 g/mol. The van der Waals surface area contributed by atoms with E-state index in [1.54, 1.807) is 9.80 Å². The van der Waals surface area contributed by atoms with E-state index in [1.165, 1.54) is 30.3 Å². The molecule has 0 aliphatic carbocycles. The molecule has 2 aromatic rings. The van der Waals surface area contributed by atoms with E-state index in [1.807, 2.05) is 0 Å². The van der Waals surface area contributed by atoms with Crippen LogP contribution in [-0.4, -0.2) is 37.0 Å². The van der Waals surface area contributed by atoms with Crippen molar-refractivity contribution in [2.75, 3.05) is 31.1 Å². The van der Waals surface area contributed by atoms with Crippen molar-refractivity contribution in [2.24, 2.45) is 0 Å². The average molecular weight is 387 g/mol. The molecule has 2 aromatic carbocycles. The van der Waals surface area contributed by atoms with Gasteiger partial charge in [0, 0.05) is 31.7 Å². The Balaban J connectivity index is 1.72. The summed E-state index contributed by atoms with van der Waals surface area (Å²) in [5.74, 6) is -0.801. The third-order valence-corrected chi connectivity index (χ3v) is 4.57. The molecule has 3 rings (SSSR count). The zero-order chi connectivity index (χ0) is 18.9. The van der Waals surface area contributed by atoms with Gasteiger partial charge in [0.2, 0.25) is 0 Å². The summed E-state index contributed by atoms with van der Waals surface area (Å²) in [6, 6.07) is 8.59. The van der Waals surface area contributed by atoms with Gasteiger partial charge in [-0.2, -0.15) is 13.2 Å². The molecule has 0 unspecified atom stereocenters. The van der Waals surface area contributed by atoms with Gasteiger partial charge in [-0.1, -0.05) is 17.7 Å². The zero-order valence-electron chi connectivity index (χ0n) is 13.6. The number of hydrogen-bond acceptors (Lipinski definition) is 2. The molecule has 1 saturated heterocycles. The van der Waals surface area contributed by atoms with Crippen molar-refractivity contribution in [1.82, 2.24) is 4.90 Å². The maximum Gasteiger partial charge on any atom is 0.416 e. The fourth-order valence-corrected chi connectivity index (χ4v) is 3.12. The number of amides is 1. The second-order valence-corrected chi connectivity index (χ2v) is 6.36. The van der Waals surface area contributed by atoms with Gasteiger partial charge < -0.3 is 9.80 Å². The molecule has 1 amide bonds. The molecule has 0 bridgehead atoms. The SMILES string of the molecule is O=C(c1cccc(F)c1)N1CCN(c2cc(C(F)(F)F)ccc2Cl)CC1. The van der Waals surface area contributed by atoms with E-state index in [0.717, 1.165) is 12.1 Å². The van der Waals surface area contributed by atoms with E-state index in [9.17, 15) is 22.4 Å². The molecule has 138 valence electrons. The Bertz CT molecular complexity index is 817. The molecule has 1 aliphatic heterocycles. The Morgan fingerprint density at radius 3 is 2.31 bits per heavy atom. The van der Waals surface area contributed by atoms with Gasteiger partial charge in [-0.15, -0.1) is 0 Å². The van der Waals surface area contributed by atoms with E-state index >= 15 is 0 Å². The lowest BCUT2D eigenvalue weighted by atomic mass is 10.1. The summed E-state index contributed by atoms with van der Waals surface area (Å²) in [5, 5.41) is 0.225. The fraction of sp³-hybridized carbons (Fsp3) is 0.278. The second-order valence-electron chi connectivity index (χ2n) is 5.95. The standard InChI is InChI=1S/C18H15ClF4N2O/c19-15-5-4-13(18(21,22)23)11-16(15)24-6-8-25(9-7-24)17(26)12-2-1-3-14(20)10-12/h1-5,10-11H,6-9H2. The number of alkyl halides is 3. The van der Waals surface area contributed by atoms with Gasteiger partial charge in [-0.3, -0.25) is 4.79 Å². The van der Waals surface area contributed by atoms with Gasteiger partial charge in [0.15, 0.2) is 0 Å². The van der Waals surface area contributed by atoms with Gasteiger partial charge in [-0.05, 0) is 36.4 Å². The first kappa shape index (κ1) is 18.5. The Morgan fingerprint density at radius 1 is 1.00 bits per heavy atom. The van der Waals surface area contributed by atoms with Crippen LogP contribution < -0.4 is 4.90 Å². The highest BCUT2D eigenvalue weighted by molar-refractivity contribution is 6.33. The zero-order valence-corrected chi connectivity index (χ0v) is 14.3. The van der Waals surface area contributed by atoms with Crippen LogP contribution in [0.1, 0.15) is 15.9 Å². The second kappa shape index (κ2) is 7.15. The molecule has 8 heteroatoms. The number of benzene rings is 2. The smallest absolute Gasteiger partial charge is 0.367 e. The van der Waals surface area contributed by atoms with Crippen LogP contribution in [-0.2, 0) is 6.18 Å². The first-order valence-corrected chi connectivity index (χ1v) is 8.30. The largest absolute Gasteiger partial charge is 0.416 e. The molecule has 0 N–H and O–H groups in total. The minimum Gasteiger partial charge on any atom is -0.367 e. The van der Waals surface area contributed by atoms with Crippen molar-refractivity contribution in [3.8, 4) is 0 Å². The summed E-state index contributed by atoms with van der Waals surface area (Å²) >= 11 is 6.06. The van der Waals surface area contributed by atoms with Crippen LogP contribution in [0.2, 0.25) is 5.02 Å². The van der Waals surface area contributed by atoms with E-state index < -0.39 is 17.6 Å². The molecule has 26 heavy (non-hydrogen) atoms. The van der Waals surface area contributed by atoms with Crippen LogP contribution in [0.25, 0.3) is 0 Å². The normalized spacial score (nSPS) is 15.3. The Kier molecular flexibility index (Phi) is 5.09. The summed E-state index contributed by atoms with van der Waals surface area (Å²) in [5.41, 5.74) is -0.231. The van der Waals surface area contributed by atoms with Crippen molar-refractivity contribution in [3.63, 3.8) is 0 Å². The van der Waals surface area contributed by atoms with Crippen molar-refractivity contribution in [1.29, 1.82) is 0 Å². The van der Waals surface area contributed by atoms with Crippen LogP contribution in [0.3, 0.4) is 0 Å². The number of carbonyl (C=O) groups excluding carboxylic acids is 1. The van der Waals surface area contributed by atoms with E-state index in [4.69, 9.17) is 11.6 Å². The van der Waals surface area contributed by atoms with Crippen LogP contribution in [0.4, 0.5) is 23.2 Å². The quantitative estimate of drug-likeness (QED) is 0.711. The molecular weight excluding hydrogens is 372 g/mol. The van der Waals surface area contributed by atoms with Crippen molar-refractivity contribution < 1.29 is 22.4 Å². The molecule has 0 aromatic heterocycles. The Hall–Kier alpha value is -2.28. The molecule has 1 aliphatic rings. The molecular formula is C18H15ClF4N2O. The molecule has 3 nitrogen and oxygen atoms in total. The van der Waals surface area contributed by atoms with Crippen LogP contribution in [0.5, 0.6) is 0 Å². The van der Waals surface area contributed by atoms with Crippen LogP contribution in [0.15, 0.2) is 42.5 Å². The van der Waals surface area contributed by atoms with E-state index in [0.29, 0.717) is 31.9 Å². The predicted molar refractivity (Wildman–Crippen MR) is 91.0 cm³/mol. The lowest BCUT2D eigenvalue weighted by molar-refractivity contribution is -0.137. The number of anilines is 1. The lowest BCUT2D eigenvalue weighted by Crippen LogP contribution is -2.49. The van der Waals surface area contributed by atoms with Crippen molar-refractivity contribution in [2.45, 2.75) is 6.18 Å². The molecule has 0 atom stereocenters. The van der Waals surface area contributed by atoms with E-state index in [-0.39, 0.29) is 16.5 Å². The minimum atomic E-state index is -4.45. The number of rotatable bonds is 2. The van der Waals surface area contributed by atoms with E-state index in [2.05, 4.69) is 0 Å². The predicted octanol–water partition coefficient (Wildman–Crippen LogP) is 4.46. The summed E-state index contributed by atoms with van der Waals surface area (Å²) < 4.78 is 52.0. The highest BCUT2D eigenvalue weighted by Crippen LogP contribution is 2.35. The van der Waals surface area contributed by atoms with Crippen molar-refractivity contribution >= 4 is 23.2 Å². The third kappa shape index (κ3) is 3.93. The number of piperazine rings is 1. The van der Waals surface area contributed by atoms with Crippen molar-refractivity contribution in [3.05, 3.63) is 64.4 Å². The molecule has 0 spiro atoms. The highest BCUT2D eigenvalue weighted by atomic mass is 35.5. The molecule has 0 saturated carbocycles. The van der Waals surface area contributed by atoms with Gasteiger partial charge in [0.25, 0.3) is 5.91 Å². The first-order valence-electron chi connectivity index (χ1n) is 7.92. The Morgan fingerprint density at radius 2 is 1.69 bits per heavy atom. The topological polar surface area (TPSA) is 23.6 Å². The Labute approximate surface area is 152 Å². The van der Waals surface area contributed by atoms with Gasteiger partial charge >= 0.3 is 6.18 Å². The average Bonchev–Trinajstić information content (AvgIpc) is 2.61. The van der Waals surface area contributed by atoms with Gasteiger partial charge in [0.1, 0.15) is 5.82 Å². The van der Waals surface area contributed by atoms with Gasteiger partial charge in [-0.25, -0.2) is 4.39 Å². The summed E-state index contributed by atoms with van der Waals surface area (Å²) in [6.07, 6.45) is -4.45. The summed E-state index contributed by atoms with van der Waals surface area (Å²) in [7, 11) is 0. The summed E-state index contributed by atoms with van der Waals surface area (Å²) in [4.78, 5) is 15.7. The molecule has 1 fully saturated rings. The minimum absolute atomic E-state index is 0.225. The number of halogens is 5. The first-order chi connectivity index (χ1) is 12.3. The number of carbonyl (C=O) groups is 1. The lowest BCUT2D eigenvalue weighted by Gasteiger charge is -2.36. The maximum atomic E-state index is 13.3. The highest BCUT2D eigenvalue weighted by Gasteiger charge is 2.32. The number of hydrogen-bond donors (Lipinski definition) is 0. The number of nitrogens with zero attached hydrogens (tertiary/aromatic N) is 2. The molecule has 1 heterocycles. The fourth-order valence-electron chi connectivity index (χ4n) is 2.89. The maximum absolute atomic E-state index is 13.3. The molecule has 0 radical (unpaired) electrons. The summed E-state index contributed by atoms with van der Waals surface area (Å²) in [6.45, 7) is 1.29. The van der Waals surface area contributed by atoms with Crippen LogP contribution in [0, 0.1) is 5.82 Å².